The molecule has 2 rings (SSSR count). The number of carbonyl (C=O) groups is 2. The minimum Gasteiger partial charge on any atom is -0.315 e. The average Bonchev–Trinajstić information content (AvgIpc) is 2.78. The molecular formula is C16H2F14N2O2. The number of hydrogen-bond acceptors (Lipinski definition) is 2. The zero-order valence-electron chi connectivity index (χ0n) is 15.1. The number of halogens is 14. The summed E-state index contributed by atoms with van der Waals surface area (Å²) in [6.45, 7) is 0. The van der Waals surface area contributed by atoms with Gasteiger partial charge in [0.15, 0.2) is 46.5 Å². The topological polar surface area (TPSA) is 58.2 Å². The highest BCUT2D eigenvalue weighted by Gasteiger charge is 2.67. The Morgan fingerprint density at radius 2 is 0.588 bits per heavy atom. The first-order chi connectivity index (χ1) is 15.4. The lowest BCUT2D eigenvalue weighted by molar-refractivity contribution is -0.204. The Labute approximate surface area is 176 Å². The molecule has 0 bridgehead atoms. The SMILES string of the molecule is O=C(Nc1c(F)c(F)c(F)c(F)c1F)C(F)(F)C(F)(F)C(=O)Nc1c(F)c(F)c(F)c(F)c1F. The van der Waals surface area contributed by atoms with Gasteiger partial charge in [0.25, 0.3) is 0 Å². The molecule has 34 heavy (non-hydrogen) atoms. The maximum absolute atomic E-state index is 13.9. The second kappa shape index (κ2) is 8.64. The molecule has 2 amide bonds. The van der Waals surface area contributed by atoms with Crippen LogP contribution in [0.3, 0.4) is 0 Å². The molecule has 0 fully saturated rings. The first kappa shape index (κ1) is 26.7. The third kappa shape index (κ3) is 3.96. The predicted molar refractivity (Wildman–Crippen MR) is 79.6 cm³/mol. The van der Waals surface area contributed by atoms with Crippen molar-refractivity contribution >= 4 is 23.2 Å². The lowest BCUT2D eigenvalue weighted by Crippen LogP contribution is -2.56. The highest BCUT2D eigenvalue weighted by Crippen LogP contribution is 2.38. The lowest BCUT2D eigenvalue weighted by atomic mass is 10.1. The Hall–Kier alpha value is -3.60. The monoisotopic (exact) mass is 520 g/mol. The van der Waals surface area contributed by atoms with Crippen molar-refractivity contribution in [1.82, 2.24) is 0 Å². The van der Waals surface area contributed by atoms with Crippen molar-refractivity contribution in [2.75, 3.05) is 10.6 Å². The van der Waals surface area contributed by atoms with Crippen LogP contribution in [0.2, 0.25) is 0 Å². The second-order valence-corrected chi connectivity index (χ2v) is 5.95. The Morgan fingerprint density at radius 1 is 0.412 bits per heavy atom. The van der Waals surface area contributed by atoms with E-state index in [0.29, 0.717) is 0 Å². The third-order valence-electron chi connectivity index (χ3n) is 3.86. The molecule has 0 heterocycles. The molecule has 0 spiro atoms. The van der Waals surface area contributed by atoms with Crippen molar-refractivity contribution in [1.29, 1.82) is 0 Å². The minimum atomic E-state index is -6.47. The van der Waals surface area contributed by atoms with E-state index in [0.717, 1.165) is 0 Å². The fraction of sp³-hybridized carbons (Fsp3) is 0.125. The van der Waals surface area contributed by atoms with E-state index in [1.165, 1.54) is 0 Å². The van der Waals surface area contributed by atoms with Crippen LogP contribution in [0.5, 0.6) is 0 Å². The predicted octanol–water partition coefficient (Wildman–Crippen LogP) is 4.93. The van der Waals surface area contributed by atoms with Crippen LogP contribution in [0.15, 0.2) is 0 Å². The number of nitrogens with one attached hydrogen (secondary N) is 2. The van der Waals surface area contributed by atoms with Crippen molar-refractivity contribution in [3.8, 4) is 0 Å². The molecule has 0 unspecified atom stereocenters. The summed E-state index contributed by atoms with van der Waals surface area (Å²) in [6, 6.07) is 0. The molecule has 18 heteroatoms. The highest BCUT2D eigenvalue weighted by atomic mass is 19.3. The van der Waals surface area contributed by atoms with E-state index >= 15 is 0 Å². The van der Waals surface area contributed by atoms with Crippen molar-refractivity contribution < 1.29 is 71.1 Å². The first-order valence-corrected chi connectivity index (χ1v) is 7.80. The number of hydrogen-bond donors (Lipinski definition) is 2. The highest BCUT2D eigenvalue weighted by molar-refractivity contribution is 6.05. The van der Waals surface area contributed by atoms with Gasteiger partial charge in [-0.15, -0.1) is 0 Å². The molecule has 2 aromatic carbocycles. The summed E-state index contributed by atoms with van der Waals surface area (Å²) in [6.07, 6.45) is 0. The van der Waals surface area contributed by atoms with Crippen molar-refractivity contribution in [3.63, 3.8) is 0 Å². The van der Waals surface area contributed by atoms with E-state index in [1.807, 2.05) is 0 Å². The van der Waals surface area contributed by atoms with E-state index in [-0.39, 0.29) is 10.6 Å². The maximum Gasteiger partial charge on any atom is 0.396 e. The molecule has 2 N–H and O–H groups in total. The Bertz CT molecular complexity index is 1060. The fourth-order valence-corrected chi connectivity index (χ4v) is 2.10. The summed E-state index contributed by atoms with van der Waals surface area (Å²) in [4.78, 5) is 22.9. The normalized spacial score (nSPS) is 12.1. The summed E-state index contributed by atoms with van der Waals surface area (Å²) in [7, 11) is 0. The van der Waals surface area contributed by atoms with Crippen LogP contribution >= 0.6 is 0 Å². The van der Waals surface area contributed by atoms with E-state index < -0.39 is 93.2 Å². The van der Waals surface area contributed by atoms with Gasteiger partial charge in [0.1, 0.15) is 11.4 Å². The van der Waals surface area contributed by atoms with E-state index in [9.17, 15) is 71.1 Å². The Kier molecular flexibility index (Phi) is 6.77. The molecule has 4 nitrogen and oxygen atoms in total. The average molecular weight is 520 g/mol. The lowest BCUT2D eigenvalue weighted by Gasteiger charge is -2.25. The second-order valence-electron chi connectivity index (χ2n) is 5.95. The smallest absolute Gasteiger partial charge is 0.315 e. The van der Waals surface area contributed by atoms with Gasteiger partial charge in [0.05, 0.1) is 0 Å². The number of benzene rings is 2. The molecule has 0 atom stereocenters. The van der Waals surface area contributed by atoms with E-state index in [2.05, 4.69) is 0 Å². The van der Waals surface area contributed by atoms with Crippen LogP contribution in [0.25, 0.3) is 0 Å². The molecule has 186 valence electrons. The maximum atomic E-state index is 13.9. The Balaban J connectivity index is 2.44. The van der Waals surface area contributed by atoms with Gasteiger partial charge in [-0.05, 0) is 0 Å². The van der Waals surface area contributed by atoms with Crippen molar-refractivity contribution in [3.05, 3.63) is 58.2 Å². The molecule has 0 aliphatic heterocycles. The molecule has 0 aromatic heterocycles. The molecule has 0 saturated carbocycles. The summed E-state index contributed by atoms with van der Waals surface area (Å²) >= 11 is 0. The zero-order valence-corrected chi connectivity index (χ0v) is 15.1. The van der Waals surface area contributed by atoms with Gasteiger partial charge >= 0.3 is 23.7 Å². The molecule has 2 aromatic rings. The molecule has 0 aliphatic carbocycles. The zero-order chi connectivity index (χ0) is 26.5. The van der Waals surface area contributed by atoms with Gasteiger partial charge in [-0.3, -0.25) is 9.59 Å². The van der Waals surface area contributed by atoms with Gasteiger partial charge in [-0.2, -0.15) is 17.6 Å². The van der Waals surface area contributed by atoms with Gasteiger partial charge in [-0.25, -0.2) is 43.9 Å². The van der Waals surface area contributed by atoms with Gasteiger partial charge < -0.3 is 10.6 Å². The number of anilines is 2. The largest absolute Gasteiger partial charge is 0.396 e. The van der Waals surface area contributed by atoms with Crippen molar-refractivity contribution in [2.24, 2.45) is 0 Å². The van der Waals surface area contributed by atoms with Gasteiger partial charge in [0, 0.05) is 0 Å². The number of amides is 2. The number of carbonyl (C=O) groups excluding carboxylic acids is 2. The quantitative estimate of drug-likeness (QED) is 0.334. The van der Waals surface area contributed by atoms with Crippen LogP contribution in [0.4, 0.5) is 72.8 Å². The van der Waals surface area contributed by atoms with Gasteiger partial charge in [0.2, 0.25) is 11.6 Å². The molecule has 0 saturated heterocycles. The summed E-state index contributed by atoms with van der Waals surface area (Å²) in [5.41, 5.74) is -5.09. The first-order valence-electron chi connectivity index (χ1n) is 7.80. The molecule has 0 aliphatic rings. The van der Waals surface area contributed by atoms with Crippen LogP contribution < -0.4 is 10.6 Å². The summed E-state index contributed by atoms with van der Waals surface area (Å²) in [5.74, 6) is -48.8. The number of rotatable bonds is 5. The van der Waals surface area contributed by atoms with Crippen LogP contribution in [-0.2, 0) is 9.59 Å². The van der Waals surface area contributed by atoms with Crippen LogP contribution in [0.1, 0.15) is 0 Å². The van der Waals surface area contributed by atoms with Crippen LogP contribution in [-0.4, -0.2) is 23.7 Å². The minimum absolute atomic E-state index is 0.238. The standard InChI is InChI=1S/C16H2F14N2O2/c17-1-3(19)7(23)11(8(24)4(1)20)31-13(33)15(27,28)16(29,30)14(34)32-12-9(25)5(21)2(18)6(22)10(12)26/h(H,31,33)(H,32,34). The fourth-order valence-electron chi connectivity index (χ4n) is 2.10. The molecular weight excluding hydrogens is 518 g/mol. The van der Waals surface area contributed by atoms with E-state index in [4.69, 9.17) is 0 Å². The molecule has 0 radical (unpaired) electrons. The third-order valence-corrected chi connectivity index (χ3v) is 3.86. The van der Waals surface area contributed by atoms with Crippen LogP contribution in [0, 0.1) is 58.2 Å². The van der Waals surface area contributed by atoms with Gasteiger partial charge in [-0.1, -0.05) is 0 Å². The van der Waals surface area contributed by atoms with Crippen molar-refractivity contribution in [2.45, 2.75) is 11.8 Å². The summed E-state index contributed by atoms with van der Waals surface area (Å²) in [5, 5.41) is 0.475. The number of alkyl halides is 4. The summed E-state index contributed by atoms with van der Waals surface area (Å²) < 4.78 is 187. The Morgan fingerprint density at radius 3 is 0.794 bits per heavy atom. The van der Waals surface area contributed by atoms with E-state index in [1.54, 1.807) is 0 Å².